The molecular formula is C17H18BrNO2. The summed E-state index contributed by atoms with van der Waals surface area (Å²) >= 11 is 3.46. The summed E-state index contributed by atoms with van der Waals surface area (Å²) in [6.45, 7) is 5.51. The summed E-state index contributed by atoms with van der Waals surface area (Å²) in [5, 5.41) is 2.72. The summed E-state index contributed by atoms with van der Waals surface area (Å²) in [6, 6.07) is 15.7. The van der Waals surface area contributed by atoms with Gasteiger partial charge in [0.05, 0.1) is 0 Å². The zero-order valence-corrected chi connectivity index (χ0v) is 13.9. The van der Waals surface area contributed by atoms with Crippen molar-refractivity contribution in [1.82, 2.24) is 0 Å². The standard InChI is InChI=1S/C17H18BrNO2/c1-17(2,3)21-16(20)19-15-9-7-12(8-10-15)13-5-4-6-14(18)11-13/h4-11H,1-3H3,(H,19,20). The van der Waals surface area contributed by atoms with E-state index in [0.29, 0.717) is 5.69 Å². The van der Waals surface area contributed by atoms with Gasteiger partial charge in [-0.1, -0.05) is 40.2 Å². The lowest BCUT2D eigenvalue weighted by Gasteiger charge is -2.19. The number of carbonyl (C=O) groups is 1. The fourth-order valence-electron chi connectivity index (χ4n) is 1.84. The van der Waals surface area contributed by atoms with Gasteiger partial charge in [-0.05, 0) is 56.2 Å². The van der Waals surface area contributed by atoms with Gasteiger partial charge in [0.25, 0.3) is 0 Å². The second-order valence-corrected chi connectivity index (χ2v) is 6.63. The van der Waals surface area contributed by atoms with Crippen LogP contribution in [0.4, 0.5) is 10.5 Å². The number of halogens is 1. The van der Waals surface area contributed by atoms with Gasteiger partial charge in [0.1, 0.15) is 5.60 Å². The normalized spacial score (nSPS) is 11.0. The lowest BCUT2D eigenvalue weighted by Crippen LogP contribution is -2.27. The Hall–Kier alpha value is -1.81. The second-order valence-electron chi connectivity index (χ2n) is 5.71. The van der Waals surface area contributed by atoms with Crippen molar-refractivity contribution in [3.63, 3.8) is 0 Å². The zero-order chi connectivity index (χ0) is 15.5. The molecule has 4 heteroatoms. The lowest BCUT2D eigenvalue weighted by molar-refractivity contribution is 0.0636. The Balaban J connectivity index is 2.07. The van der Waals surface area contributed by atoms with Gasteiger partial charge in [-0.2, -0.15) is 0 Å². The topological polar surface area (TPSA) is 38.3 Å². The van der Waals surface area contributed by atoms with Gasteiger partial charge in [-0.15, -0.1) is 0 Å². The van der Waals surface area contributed by atoms with Crippen molar-refractivity contribution in [2.75, 3.05) is 5.32 Å². The van der Waals surface area contributed by atoms with Crippen LogP contribution in [0.2, 0.25) is 0 Å². The molecule has 2 aromatic carbocycles. The molecule has 0 aliphatic rings. The van der Waals surface area contributed by atoms with Crippen molar-refractivity contribution in [2.24, 2.45) is 0 Å². The summed E-state index contributed by atoms with van der Waals surface area (Å²) in [5.41, 5.74) is 2.42. The smallest absolute Gasteiger partial charge is 0.412 e. The third-order valence-corrected chi connectivity index (χ3v) is 3.18. The molecule has 0 saturated heterocycles. The molecule has 0 spiro atoms. The number of carbonyl (C=O) groups excluding carboxylic acids is 1. The van der Waals surface area contributed by atoms with Gasteiger partial charge in [0.2, 0.25) is 0 Å². The zero-order valence-electron chi connectivity index (χ0n) is 12.3. The van der Waals surface area contributed by atoms with Gasteiger partial charge in [-0.3, -0.25) is 5.32 Å². The quantitative estimate of drug-likeness (QED) is 0.782. The predicted octanol–water partition coefficient (Wildman–Crippen LogP) is 5.46. The summed E-state index contributed by atoms with van der Waals surface area (Å²) in [5.74, 6) is 0. The average molecular weight is 348 g/mol. The highest BCUT2D eigenvalue weighted by atomic mass is 79.9. The third-order valence-electron chi connectivity index (χ3n) is 2.69. The van der Waals surface area contributed by atoms with Crippen LogP contribution in [-0.2, 0) is 4.74 Å². The maximum Gasteiger partial charge on any atom is 0.412 e. The fourth-order valence-corrected chi connectivity index (χ4v) is 2.23. The van der Waals surface area contributed by atoms with E-state index < -0.39 is 11.7 Å². The molecule has 0 aliphatic heterocycles. The van der Waals surface area contributed by atoms with E-state index in [2.05, 4.69) is 27.3 Å². The Kier molecular flexibility index (Phi) is 4.68. The van der Waals surface area contributed by atoms with E-state index >= 15 is 0 Å². The van der Waals surface area contributed by atoms with Crippen LogP contribution in [-0.4, -0.2) is 11.7 Å². The van der Waals surface area contributed by atoms with Crippen LogP contribution < -0.4 is 5.32 Å². The summed E-state index contributed by atoms with van der Waals surface area (Å²) < 4.78 is 6.25. The van der Waals surface area contributed by atoms with Crippen molar-refractivity contribution in [1.29, 1.82) is 0 Å². The molecule has 0 unspecified atom stereocenters. The molecular weight excluding hydrogens is 330 g/mol. The molecule has 0 radical (unpaired) electrons. The first-order chi connectivity index (χ1) is 9.83. The number of benzene rings is 2. The highest BCUT2D eigenvalue weighted by Gasteiger charge is 2.16. The monoisotopic (exact) mass is 347 g/mol. The van der Waals surface area contributed by atoms with Crippen LogP contribution in [0.25, 0.3) is 11.1 Å². The van der Waals surface area contributed by atoms with Crippen molar-refractivity contribution in [2.45, 2.75) is 26.4 Å². The molecule has 0 atom stereocenters. The number of anilines is 1. The molecule has 0 aromatic heterocycles. The minimum atomic E-state index is -0.500. The van der Waals surface area contributed by atoms with E-state index in [9.17, 15) is 4.79 Å². The van der Waals surface area contributed by atoms with Crippen molar-refractivity contribution >= 4 is 27.7 Å². The summed E-state index contributed by atoms with van der Waals surface area (Å²) in [7, 11) is 0. The Morgan fingerprint density at radius 2 is 1.71 bits per heavy atom. The van der Waals surface area contributed by atoms with Gasteiger partial charge in [-0.25, -0.2) is 4.79 Å². The van der Waals surface area contributed by atoms with Gasteiger partial charge in [0, 0.05) is 10.2 Å². The molecule has 2 aromatic rings. The molecule has 0 heterocycles. The molecule has 0 bridgehead atoms. The molecule has 3 nitrogen and oxygen atoms in total. The molecule has 0 fully saturated rings. The molecule has 110 valence electrons. The molecule has 0 aliphatic carbocycles. The third kappa shape index (κ3) is 4.90. The number of rotatable bonds is 2. The summed E-state index contributed by atoms with van der Waals surface area (Å²) in [4.78, 5) is 11.7. The molecule has 1 amide bonds. The van der Waals surface area contributed by atoms with E-state index in [4.69, 9.17) is 4.74 Å². The molecule has 2 rings (SSSR count). The minimum absolute atomic E-state index is 0.447. The molecule has 0 saturated carbocycles. The van der Waals surface area contributed by atoms with E-state index in [1.807, 2.05) is 63.2 Å². The van der Waals surface area contributed by atoms with Crippen LogP contribution in [0.3, 0.4) is 0 Å². The minimum Gasteiger partial charge on any atom is -0.444 e. The first-order valence-corrected chi connectivity index (χ1v) is 7.49. The Labute approximate surface area is 133 Å². The van der Waals surface area contributed by atoms with Crippen LogP contribution in [0, 0.1) is 0 Å². The number of amides is 1. The number of hydrogen-bond donors (Lipinski definition) is 1. The van der Waals surface area contributed by atoms with Crippen molar-refractivity contribution in [3.05, 3.63) is 53.0 Å². The predicted molar refractivity (Wildman–Crippen MR) is 89.4 cm³/mol. The maximum absolute atomic E-state index is 11.7. The van der Waals surface area contributed by atoms with E-state index in [-0.39, 0.29) is 0 Å². The van der Waals surface area contributed by atoms with Crippen LogP contribution >= 0.6 is 15.9 Å². The van der Waals surface area contributed by atoms with E-state index in [0.717, 1.165) is 15.6 Å². The highest BCUT2D eigenvalue weighted by Crippen LogP contribution is 2.24. The lowest BCUT2D eigenvalue weighted by atomic mass is 10.1. The highest BCUT2D eigenvalue weighted by molar-refractivity contribution is 9.10. The van der Waals surface area contributed by atoms with Crippen LogP contribution in [0.5, 0.6) is 0 Å². The van der Waals surface area contributed by atoms with Crippen LogP contribution in [0.1, 0.15) is 20.8 Å². The first-order valence-electron chi connectivity index (χ1n) is 6.69. The first kappa shape index (κ1) is 15.6. The van der Waals surface area contributed by atoms with Crippen molar-refractivity contribution in [3.8, 4) is 11.1 Å². The number of ether oxygens (including phenoxy) is 1. The fraction of sp³-hybridized carbons (Fsp3) is 0.235. The maximum atomic E-state index is 11.7. The van der Waals surface area contributed by atoms with Gasteiger partial charge < -0.3 is 4.74 Å². The Morgan fingerprint density at radius 3 is 2.29 bits per heavy atom. The Morgan fingerprint density at radius 1 is 1.05 bits per heavy atom. The number of hydrogen-bond acceptors (Lipinski definition) is 2. The van der Waals surface area contributed by atoms with Crippen LogP contribution in [0.15, 0.2) is 53.0 Å². The molecule has 21 heavy (non-hydrogen) atoms. The van der Waals surface area contributed by atoms with Gasteiger partial charge in [0.15, 0.2) is 0 Å². The van der Waals surface area contributed by atoms with Crippen molar-refractivity contribution < 1.29 is 9.53 Å². The average Bonchev–Trinajstić information content (AvgIpc) is 2.37. The molecule has 1 N–H and O–H groups in total. The largest absolute Gasteiger partial charge is 0.444 e. The summed E-state index contributed by atoms with van der Waals surface area (Å²) in [6.07, 6.45) is -0.447. The SMILES string of the molecule is CC(C)(C)OC(=O)Nc1ccc(-c2cccc(Br)c2)cc1. The van der Waals surface area contributed by atoms with E-state index in [1.165, 1.54) is 0 Å². The number of nitrogens with one attached hydrogen (secondary N) is 1. The Bertz CT molecular complexity index is 630. The van der Waals surface area contributed by atoms with E-state index in [1.54, 1.807) is 0 Å². The van der Waals surface area contributed by atoms with Gasteiger partial charge >= 0.3 is 6.09 Å². The second kappa shape index (κ2) is 6.31.